The maximum absolute atomic E-state index is 11.9. The number of nitrogens with one attached hydrogen (secondary N) is 1. The van der Waals surface area contributed by atoms with Crippen molar-refractivity contribution in [1.82, 2.24) is 5.32 Å². The highest BCUT2D eigenvalue weighted by molar-refractivity contribution is 5.15. The third-order valence-corrected chi connectivity index (χ3v) is 2.52. The minimum absolute atomic E-state index is 0.0130. The molecule has 0 aliphatic carbocycles. The van der Waals surface area contributed by atoms with Crippen molar-refractivity contribution in [2.24, 2.45) is 0 Å². The topological polar surface area (TPSA) is 34.4 Å². The molecule has 0 unspecified atom stereocenters. The Kier molecular flexibility index (Phi) is 6.37. The Hall–Kier alpha value is -1.01. The molecule has 0 atom stereocenters. The van der Waals surface area contributed by atoms with E-state index in [2.05, 4.69) is 5.32 Å². The highest BCUT2D eigenvalue weighted by atomic mass is 19.4. The first-order valence-corrected chi connectivity index (χ1v) is 6.31. The Morgan fingerprint density at radius 2 is 2.11 bits per heavy atom. The van der Waals surface area contributed by atoms with Gasteiger partial charge in [0.2, 0.25) is 0 Å². The van der Waals surface area contributed by atoms with Gasteiger partial charge in [-0.3, -0.25) is 0 Å². The van der Waals surface area contributed by atoms with Gasteiger partial charge in [-0.1, -0.05) is 13.8 Å². The quantitative estimate of drug-likeness (QED) is 0.738. The van der Waals surface area contributed by atoms with Gasteiger partial charge in [-0.2, -0.15) is 13.2 Å². The van der Waals surface area contributed by atoms with Crippen molar-refractivity contribution in [1.29, 1.82) is 0 Å². The monoisotopic (exact) mass is 279 g/mol. The average molecular weight is 279 g/mol. The Bertz CT molecular complexity index is 361. The van der Waals surface area contributed by atoms with Gasteiger partial charge in [-0.15, -0.1) is 0 Å². The van der Waals surface area contributed by atoms with Crippen molar-refractivity contribution in [3.8, 4) is 0 Å². The number of hydrogen-bond donors (Lipinski definition) is 1. The van der Waals surface area contributed by atoms with Crippen LogP contribution in [0.15, 0.2) is 16.7 Å². The molecule has 19 heavy (non-hydrogen) atoms. The second-order valence-electron chi connectivity index (χ2n) is 4.68. The molecule has 0 saturated heterocycles. The largest absolute Gasteiger partial charge is 0.468 e. The Morgan fingerprint density at radius 3 is 2.74 bits per heavy atom. The van der Waals surface area contributed by atoms with Crippen LogP contribution >= 0.6 is 0 Å². The maximum Gasteiger partial charge on any atom is 0.389 e. The van der Waals surface area contributed by atoms with Crippen LogP contribution in [0.3, 0.4) is 0 Å². The van der Waals surface area contributed by atoms with Crippen molar-refractivity contribution < 1.29 is 22.3 Å². The Labute approximate surface area is 111 Å². The summed E-state index contributed by atoms with van der Waals surface area (Å²) in [6.07, 6.45) is -3.36. The molecule has 1 aromatic rings. The van der Waals surface area contributed by atoms with Gasteiger partial charge in [0, 0.05) is 24.6 Å². The first kappa shape index (κ1) is 16.0. The molecule has 1 rings (SSSR count). The second-order valence-corrected chi connectivity index (χ2v) is 4.68. The SMILES string of the molecule is CC(C)NCc1occc1COCCCC(F)(F)F. The van der Waals surface area contributed by atoms with Crippen LogP contribution in [0, 0.1) is 0 Å². The lowest BCUT2D eigenvalue weighted by Crippen LogP contribution is -2.22. The van der Waals surface area contributed by atoms with Gasteiger partial charge in [0.1, 0.15) is 5.76 Å². The van der Waals surface area contributed by atoms with E-state index in [1.807, 2.05) is 13.8 Å². The van der Waals surface area contributed by atoms with Crippen LogP contribution in [-0.2, 0) is 17.9 Å². The molecule has 1 aromatic heterocycles. The molecular weight excluding hydrogens is 259 g/mol. The molecule has 0 aromatic carbocycles. The lowest BCUT2D eigenvalue weighted by Gasteiger charge is -2.09. The van der Waals surface area contributed by atoms with E-state index in [4.69, 9.17) is 9.15 Å². The van der Waals surface area contributed by atoms with Gasteiger partial charge >= 0.3 is 6.18 Å². The molecule has 0 spiro atoms. The van der Waals surface area contributed by atoms with Crippen molar-refractivity contribution in [3.63, 3.8) is 0 Å². The van der Waals surface area contributed by atoms with Gasteiger partial charge in [0.25, 0.3) is 0 Å². The molecule has 0 saturated carbocycles. The van der Waals surface area contributed by atoms with E-state index in [-0.39, 0.29) is 19.6 Å². The summed E-state index contributed by atoms with van der Waals surface area (Å²) < 4.78 is 46.3. The summed E-state index contributed by atoms with van der Waals surface area (Å²) >= 11 is 0. The summed E-state index contributed by atoms with van der Waals surface area (Å²) in [5, 5.41) is 3.21. The molecule has 0 aliphatic rings. The number of halogens is 3. The van der Waals surface area contributed by atoms with Crippen LogP contribution in [0.5, 0.6) is 0 Å². The maximum atomic E-state index is 11.9. The summed E-state index contributed by atoms with van der Waals surface area (Å²) in [5.41, 5.74) is 0.875. The molecule has 0 radical (unpaired) electrons. The van der Waals surface area contributed by atoms with Crippen LogP contribution in [0.4, 0.5) is 13.2 Å². The van der Waals surface area contributed by atoms with Gasteiger partial charge in [0.15, 0.2) is 0 Å². The summed E-state index contributed by atoms with van der Waals surface area (Å²) in [6.45, 7) is 5.02. The first-order chi connectivity index (χ1) is 8.88. The molecule has 0 bridgehead atoms. The molecule has 1 N–H and O–H groups in total. The van der Waals surface area contributed by atoms with E-state index in [1.54, 1.807) is 12.3 Å². The van der Waals surface area contributed by atoms with Crippen LogP contribution in [-0.4, -0.2) is 18.8 Å². The average Bonchev–Trinajstić information content (AvgIpc) is 2.72. The fourth-order valence-electron chi connectivity index (χ4n) is 1.50. The minimum Gasteiger partial charge on any atom is -0.468 e. The molecule has 3 nitrogen and oxygen atoms in total. The van der Waals surface area contributed by atoms with E-state index < -0.39 is 12.6 Å². The zero-order chi connectivity index (χ0) is 14.3. The highest BCUT2D eigenvalue weighted by Gasteiger charge is 2.25. The van der Waals surface area contributed by atoms with E-state index in [0.29, 0.717) is 12.6 Å². The molecule has 6 heteroatoms. The van der Waals surface area contributed by atoms with Gasteiger partial charge in [0.05, 0.1) is 19.4 Å². The smallest absolute Gasteiger partial charge is 0.389 e. The third-order valence-electron chi connectivity index (χ3n) is 2.52. The molecule has 1 heterocycles. The van der Waals surface area contributed by atoms with Crippen LogP contribution in [0.1, 0.15) is 38.0 Å². The summed E-state index contributed by atoms with van der Waals surface area (Å²) in [5.74, 6) is 0.768. The van der Waals surface area contributed by atoms with Crippen molar-refractivity contribution in [2.45, 2.75) is 52.1 Å². The summed E-state index contributed by atoms with van der Waals surface area (Å²) in [6, 6.07) is 2.12. The molecular formula is C13H20F3NO2. The lowest BCUT2D eigenvalue weighted by molar-refractivity contribution is -0.138. The van der Waals surface area contributed by atoms with Gasteiger partial charge in [-0.25, -0.2) is 0 Å². The van der Waals surface area contributed by atoms with E-state index in [0.717, 1.165) is 11.3 Å². The molecule has 0 amide bonds. The summed E-state index contributed by atoms with van der Waals surface area (Å²) in [4.78, 5) is 0. The van der Waals surface area contributed by atoms with E-state index in [9.17, 15) is 13.2 Å². The van der Waals surface area contributed by atoms with Crippen molar-refractivity contribution in [3.05, 3.63) is 23.7 Å². The number of ether oxygens (including phenoxy) is 1. The normalized spacial score (nSPS) is 12.3. The van der Waals surface area contributed by atoms with E-state index in [1.165, 1.54) is 0 Å². The zero-order valence-corrected chi connectivity index (χ0v) is 11.2. The first-order valence-electron chi connectivity index (χ1n) is 6.31. The second kappa shape index (κ2) is 7.55. The summed E-state index contributed by atoms with van der Waals surface area (Å²) in [7, 11) is 0. The fraction of sp³-hybridized carbons (Fsp3) is 0.692. The number of rotatable bonds is 8. The van der Waals surface area contributed by atoms with Crippen molar-refractivity contribution >= 4 is 0 Å². The number of furan rings is 1. The van der Waals surface area contributed by atoms with Crippen molar-refractivity contribution in [2.75, 3.05) is 6.61 Å². The van der Waals surface area contributed by atoms with Crippen LogP contribution in [0.25, 0.3) is 0 Å². The Morgan fingerprint density at radius 1 is 1.37 bits per heavy atom. The van der Waals surface area contributed by atoms with E-state index >= 15 is 0 Å². The Balaban J connectivity index is 2.24. The number of alkyl halides is 3. The predicted molar refractivity (Wildman–Crippen MR) is 65.6 cm³/mol. The van der Waals surface area contributed by atoms with Crippen LogP contribution < -0.4 is 5.32 Å². The molecule has 0 aliphatic heterocycles. The highest BCUT2D eigenvalue weighted by Crippen LogP contribution is 2.21. The predicted octanol–water partition coefficient (Wildman–Crippen LogP) is 3.64. The fourth-order valence-corrected chi connectivity index (χ4v) is 1.50. The number of hydrogen-bond acceptors (Lipinski definition) is 3. The minimum atomic E-state index is -4.11. The zero-order valence-electron chi connectivity index (χ0n) is 11.2. The standard InChI is InChI=1S/C13H20F3NO2/c1-10(2)17-8-12-11(4-7-19-12)9-18-6-3-5-13(14,15)16/h4,7,10,17H,3,5-6,8-9H2,1-2H3. The van der Waals surface area contributed by atoms with Crippen LogP contribution in [0.2, 0.25) is 0 Å². The van der Waals surface area contributed by atoms with Gasteiger partial charge < -0.3 is 14.5 Å². The molecule has 110 valence electrons. The lowest BCUT2D eigenvalue weighted by atomic mass is 10.2. The third kappa shape index (κ3) is 7.22. The van der Waals surface area contributed by atoms with Gasteiger partial charge in [-0.05, 0) is 12.5 Å². The molecule has 0 fully saturated rings.